The van der Waals surface area contributed by atoms with Gasteiger partial charge >= 0.3 is 0 Å². The first kappa shape index (κ1) is 22.9. The summed E-state index contributed by atoms with van der Waals surface area (Å²) in [5.41, 5.74) is 4.68. The van der Waals surface area contributed by atoms with E-state index in [4.69, 9.17) is 4.74 Å². The maximum Gasteiger partial charge on any atom is 0.245 e. The van der Waals surface area contributed by atoms with Crippen LogP contribution in [0.15, 0.2) is 29.6 Å². The number of nitrogens with one attached hydrogen (secondary N) is 3. The molecule has 3 aliphatic rings. The maximum absolute atomic E-state index is 14.2. The number of hydrogen-bond donors (Lipinski definition) is 3. The van der Waals surface area contributed by atoms with E-state index in [-0.39, 0.29) is 11.8 Å². The molecule has 5 heterocycles. The average molecular weight is 470 g/mol. The largest absolute Gasteiger partial charge is 0.378 e. The molecule has 5 rings (SSSR count). The molecule has 0 amide bonds. The minimum absolute atomic E-state index is 0.238. The summed E-state index contributed by atoms with van der Waals surface area (Å²) in [5, 5.41) is 11.4. The number of morpholine rings is 1. The Balaban J connectivity index is 1.17. The summed E-state index contributed by atoms with van der Waals surface area (Å²) in [6.07, 6.45) is 8.56. The van der Waals surface area contributed by atoms with Crippen LogP contribution in [-0.2, 0) is 4.74 Å². The third kappa shape index (κ3) is 5.60. The van der Waals surface area contributed by atoms with Crippen LogP contribution in [-0.4, -0.2) is 79.8 Å². The third-order valence-electron chi connectivity index (χ3n) is 6.62. The van der Waals surface area contributed by atoms with E-state index in [2.05, 4.69) is 41.0 Å². The van der Waals surface area contributed by atoms with Crippen molar-refractivity contribution in [3.63, 3.8) is 0 Å². The van der Waals surface area contributed by atoms with Gasteiger partial charge in [-0.1, -0.05) is 0 Å². The van der Waals surface area contributed by atoms with Crippen LogP contribution >= 0.6 is 0 Å². The van der Waals surface area contributed by atoms with E-state index >= 15 is 0 Å². The zero-order valence-electron chi connectivity index (χ0n) is 19.3. The molecule has 2 aromatic rings. The van der Waals surface area contributed by atoms with Crippen molar-refractivity contribution in [2.75, 3.05) is 67.7 Å². The summed E-state index contributed by atoms with van der Waals surface area (Å²) < 4.78 is 19.5. The molecule has 0 bridgehead atoms. The van der Waals surface area contributed by atoms with Gasteiger partial charge in [-0.05, 0) is 50.4 Å². The van der Waals surface area contributed by atoms with Gasteiger partial charge in [-0.3, -0.25) is 4.98 Å². The number of hydrogen-bond acceptors (Lipinski definition) is 10. The maximum atomic E-state index is 14.2. The van der Waals surface area contributed by atoms with Crippen LogP contribution in [0.1, 0.15) is 25.0 Å². The highest BCUT2D eigenvalue weighted by molar-refractivity contribution is 5.79. The molecular weight excluding hydrogens is 437 g/mol. The van der Waals surface area contributed by atoms with Gasteiger partial charge in [0.1, 0.15) is 0 Å². The number of anilines is 3. The highest BCUT2D eigenvalue weighted by Crippen LogP contribution is 2.25. The summed E-state index contributed by atoms with van der Waals surface area (Å²) in [4.78, 5) is 16.9. The molecule has 0 aromatic carbocycles. The lowest BCUT2D eigenvalue weighted by Gasteiger charge is -2.39. The Bertz CT molecular complexity index is 971. The van der Waals surface area contributed by atoms with Gasteiger partial charge in [0.05, 0.1) is 37.5 Å². The van der Waals surface area contributed by atoms with E-state index in [1.54, 1.807) is 12.4 Å². The van der Waals surface area contributed by atoms with Crippen molar-refractivity contribution in [3.05, 3.63) is 36.0 Å². The van der Waals surface area contributed by atoms with Gasteiger partial charge in [0.2, 0.25) is 5.95 Å². The molecule has 0 saturated carbocycles. The Hall–Kier alpha value is -2.89. The zero-order chi connectivity index (χ0) is 23.2. The Morgan fingerprint density at radius 3 is 2.68 bits per heavy atom. The van der Waals surface area contributed by atoms with Crippen LogP contribution in [0.25, 0.3) is 0 Å². The van der Waals surface area contributed by atoms with E-state index in [0.29, 0.717) is 38.4 Å². The van der Waals surface area contributed by atoms with Gasteiger partial charge in [-0.15, -0.1) is 0 Å². The fourth-order valence-electron chi connectivity index (χ4n) is 4.77. The molecule has 3 fully saturated rings. The van der Waals surface area contributed by atoms with Crippen molar-refractivity contribution in [2.24, 2.45) is 11.0 Å². The third-order valence-corrected chi connectivity index (χ3v) is 6.62. The van der Waals surface area contributed by atoms with Crippen molar-refractivity contribution < 1.29 is 9.13 Å². The van der Waals surface area contributed by atoms with Gasteiger partial charge in [0.25, 0.3) is 0 Å². The first-order valence-electron chi connectivity index (χ1n) is 12.1. The van der Waals surface area contributed by atoms with Crippen LogP contribution < -0.4 is 25.9 Å². The molecular formula is C23H32FN9O. The fourth-order valence-corrected chi connectivity index (χ4v) is 4.77. The van der Waals surface area contributed by atoms with Crippen molar-refractivity contribution in [1.82, 2.24) is 25.6 Å². The molecule has 10 nitrogen and oxygen atoms in total. The number of pyridine rings is 1. The number of piperidine rings is 1. The monoisotopic (exact) mass is 469 g/mol. The normalized spacial score (nSPS) is 20.7. The Morgan fingerprint density at radius 2 is 1.88 bits per heavy atom. The molecule has 182 valence electrons. The number of aromatic nitrogens is 3. The van der Waals surface area contributed by atoms with Crippen LogP contribution in [0.4, 0.5) is 21.8 Å². The molecule has 3 aliphatic heterocycles. The van der Waals surface area contributed by atoms with E-state index in [1.807, 2.05) is 17.0 Å². The van der Waals surface area contributed by atoms with E-state index in [9.17, 15) is 4.39 Å². The standard InChI is InChI=1S/C23H32FN9O/c24-20-16-28-23(30-22(20)33-10-12-34-13-11-33)31-29-15-18-14-19(2-7-25-18)32-8-3-17(4-9-32)21-26-5-1-6-27-21/h2,7,14-17,21,26-27H,1,3-6,8-13H2,(H,28,30,31)/b29-15+. The van der Waals surface area contributed by atoms with Gasteiger partial charge < -0.3 is 25.2 Å². The lowest BCUT2D eigenvalue weighted by atomic mass is 9.92. The summed E-state index contributed by atoms with van der Waals surface area (Å²) >= 11 is 0. The smallest absolute Gasteiger partial charge is 0.245 e. The molecule has 0 atom stereocenters. The molecule has 2 aromatic heterocycles. The minimum atomic E-state index is -0.454. The Kier molecular flexibility index (Phi) is 7.42. The molecule has 0 aliphatic carbocycles. The first-order valence-corrected chi connectivity index (χ1v) is 12.1. The SMILES string of the molecule is Fc1cnc(N/N=C/c2cc(N3CCC(C4NCCCN4)CC3)ccn2)nc1N1CCOCC1. The highest BCUT2D eigenvalue weighted by atomic mass is 19.1. The van der Waals surface area contributed by atoms with E-state index in [1.165, 1.54) is 6.42 Å². The van der Waals surface area contributed by atoms with Gasteiger partial charge in [-0.25, -0.2) is 14.8 Å². The second-order valence-corrected chi connectivity index (χ2v) is 8.84. The summed E-state index contributed by atoms with van der Waals surface area (Å²) in [5.74, 6) is 0.715. The second kappa shape index (κ2) is 11.0. The summed E-state index contributed by atoms with van der Waals surface area (Å²) in [6.45, 7) is 6.56. The van der Waals surface area contributed by atoms with Crippen LogP contribution in [0.3, 0.4) is 0 Å². The highest BCUT2D eigenvalue weighted by Gasteiger charge is 2.27. The number of nitrogens with zero attached hydrogens (tertiary/aromatic N) is 6. The van der Waals surface area contributed by atoms with E-state index in [0.717, 1.165) is 56.6 Å². The average Bonchev–Trinajstić information content (AvgIpc) is 2.91. The van der Waals surface area contributed by atoms with Crippen molar-refractivity contribution >= 4 is 23.7 Å². The van der Waals surface area contributed by atoms with Gasteiger partial charge in [0, 0.05) is 38.1 Å². The van der Waals surface area contributed by atoms with Gasteiger partial charge in [-0.2, -0.15) is 10.1 Å². The quantitative estimate of drug-likeness (QED) is 0.428. The van der Waals surface area contributed by atoms with Gasteiger partial charge in [0.15, 0.2) is 11.6 Å². The number of halogens is 1. The van der Waals surface area contributed by atoms with E-state index < -0.39 is 5.82 Å². The van der Waals surface area contributed by atoms with Crippen molar-refractivity contribution in [2.45, 2.75) is 25.4 Å². The number of ether oxygens (including phenoxy) is 1. The fraction of sp³-hybridized carbons (Fsp3) is 0.565. The predicted octanol–water partition coefficient (Wildman–Crippen LogP) is 1.42. The topological polar surface area (TPSA) is 103 Å². The van der Waals surface area contributed by atoms with Crippen LogP contribution in [0, 0.1) is 11.7 Å². The van der Waals surface area contributed by atoms with Crippen LogP contribution in [0.5, 0.6) is 0 Å². The second-order valence-electron chi connectivity index (χ2n) is 8.84. The first-order chi connectivity index (χ1) is 16.8. The Labute approximate surface area is 199 Å². The molecule has 11 heteroatoms. The lowest BCUT2D eigenvalue weighted by molar-refractivity contribution is 0.122. The van der Waals surface area contributed by atoms with Crippen molar-refractivity contribution in [1.29, 1.82) is 0 Å². The summed E-state index contributed by atoms with van der Waals surface area (Å²) in [6, 6.07) is 4.08. The predicted molar refractivity (Wildman–Crippen MR) is 130 cm³/mol. The number of rotatable bonds is 6. The molecule has 34 heavy (non-hydrogen) atoms. The molecule has 0 unspecified atom stereocenters. The molecule has 3 saturated heterocycles. The lowest BCUT2D eigenvalue weighted by Crippen LogP contribution is -2.54. The zero-order valence-corrected chi connectivity index (χ0v) is 19.3. The van der Waals surface area contributed by atoms with Crippen LogP contribution in [0.2, 0.25) is 0 Å². The van der Waals surface area contributed by atoms with Crippen molar-refractivity contribution in [3.8, 4) is 0 Å². The molecule has 0 radical (unpaired) electrons. The Morgan fingerprint density at radius 1 is 1.09 bits per heavy atom. The molecule has 0 spiro atoms. The molecule has 3 N–H and O–H groups in total. The summed E-state index contributed by atoms with van der Waals surface area (Å²) in [7, 11) is 0. The minimum Gasteiger partial charge on any atom is -0.378 e. The number of hydrazone groups is 1.